The smallest absolute Gasteiger partial charge is 0.256 e. The third-order valence-corrected chi connectivity index (χ3v) is 8.33. The largest absolute Gasteiger partial charge is 0.338 e. The van der Waals surface area contributed by atoms with Crippen molar-refractivity contribution in [1.29, 1.82) is 0 Å². The van der Waals surface area contributed by atoms with Crippen molar-refractivity contribution in [1.82, 2.24) is 20.1 Å². The first-order valence-electron chi connectivity index (χ1n) is 13.4. The fourth-order valence-corrected chi connectivity index (χ4v) is 6.33. The Hall–Kier alpha value is -3.75. The number of hydrogen-bond donors (Lipinski definition) is 1. The predicted octanol–water partition coefficient (Wildman–Crippen LogP) is 6.12. The van der Waals surface area contributed by atoms with Gasteiger partial charge < -0.3 is 10.2 Å². The summed E-state index contributed by atoms with van der Waals surface area (Å²) in [6.07, 6.45) is 4.69. The number of nitrogens with zero attached hydrogens (tertiary/aromatic N) is 4. The molecule has 1 aromatic carbocycles. The van der Waals surface area contributed by atoms with Crippen molar-refractivity contribution < 1.29 is 18.4 Å². The van der Waals surface area contributed by atoms with Crippen LogP contribution < -0.4 is 5.32 Å². The topological polar surface area (TPSA) is 88.1 Å². The second kappa shape index (κ2) is 10.8. The zero-order chi connectivity index (χ0) is 28.5. The highest BCUT2D eigenvalue weighted by atomic mass is 19.1. The fraction of sp³-hybridized carbons (Fsp3) is 0.433. The molecule has 3 aromatic rings. The van der Waals surface area contributed by atoms with E-state index in [0.717, 1.165) is 24.1 Å². The molecule has 39 heavy (non-hydrogen) atoms. The van der Waals surface area contributed by atoms with Gasteiger partial charge in [0.15, 0.2) is 0 Å². The van der Waals surface area contributed by atoms with E-state index in [2.05, 4.69) is 34.3 Å². The van der Waals surface area contributed by atoms with E-state index in [1.807, 2.05) is 20.8 Å². The van der Waals surface area contributed by atoms with Gasteiger partial charge in [0, 0.05) is 31.6 Å². The van der Waals surface area contributed by atoms with Gasteiger partial charge in [-0.3, -0.25) is 14.6 Å². The first-order chi connectivity index (χ1) is 18.6. The third kappa shape index (κ3) is 4.57. The summed E-state index contributed by atoms with van der Waals surface area (Å²) in [6.45, 7) is 12.5. The van der Waals surface area contributed by atoms with Gasteiger partial charge in [-0.05, 0) is 60.9 Å². The maximum absolute atomic E-state index is 14.5. The summed E-state index contributed by atoms with van der Waals surface area (Å²) in [6, 6.07) is 7.13. The number of hydrogen-bond acceptors (Lipinski definition) is 5. The minimum atomic E-state index is -0.679. The molecule has 2 aromatic heterocycles. The Kier molecular flexibility index (Phi) is 7.82. The number of likely N-dealkylation sites (N-methyl/N-ethyl adjacent to an activating group) is 1. The highest BCUT2D eigenvalue weighted by molar-refractivity contribution is 6.03. The summed E-state index contributed by atoms with van der Waals surface area (Å²) in [5.74, 6) is -1.74. The summed E-state index contributed by atoms with van der Waals surface area (Å²) in [5.41, 5.74) is 1.72. The Bertz CT molecular complexity index is 1390. The highest BCUT2D eigenvalue weighted by Gasteiger charge is 2.64. The van der Waals surface area contributed by atoms with Crippen molar-refractivity contribution in [3.63, 3.8) is 0 Å². The molecule has 2 unspecified atom stereocenters. The standard InChI is InChI=1S/C28H29F2N5O2.C2H6/c1-5-35(26(37)17-10-12-31-14-23(17)32-16(2)36)15-28-11-9-19(27(28,3)4)18-13-22(33-34-25(18)28)24-20(29)7-6-8-21(24)30;1-2/h6-8,10,12-14,19H,5,9,11,15H2,1-4H3,(H,32,36);1-2H3. The summed E-state index contributed by atoms with van der Waals surface area (Å²) in [5, 5.41) is 11.5. The van der Waals surface area contributed by atoms with Gasteiger partial charge in [-0.25, -0.2) is 8.78 Å². The van der Waals surface area contributed by atoms with Crippen molar-refractivity contribution in [3.8, 4) is 11.3 Å². The maximum Gasteiger partial charge on any atom is 0.256 e. The van der Waals surface area contributed by atoms with Crippen LogP contribution >= 0.6 is 0 Å². The average molecular weight is 536 g/mol. The van der Waals surface area contributed by atoms with Crippen LogP contribution in [0.15, 0.2) is 42.7 Å². The molecule has 2 heterocycles. The number of halogens is 2. The van der Waals surface area contributed by atoms with Crippen molar-refractivity contribution >= 4 is 17.5 Å². The number of nitrogens with one attached hydrogen (secondary N) is 1. The SMILES string of the molecule is CC.CCN(CC12CCC(c3cc(-c4c(F)cccc4F)nnc31)C2(C)C)C(=O)c1ccncc1NC(C)=O. The number of rotatable bonds is 6. The van der Waals surface area contributed by atoms with E-state index in [4.69, 9.17) is 0 Å². The van der Waals surface area contributed by atoms with Crippen molar-refractivity contribution in [2.24, 2.45) is 5.41 Å². The Balaban J connectivity index is 0.00000172. The average Bonchev–Trinajstić information content (AvgIpc) is 3.27. The van der Waals surface area contributed by atoms with E-state index < -0.39 is 17.0 Å². The number of carbonyl (C=O) groups is 2. The van der Waals surface area contributed by atoms with E-state index in [1.54, 1.807) is 17.0 Å². The summed E-state index contributed by atoms with van der Waals surface area (Å²) >= 11 is 0. The number of fused-ring (bicyclic) bond motifs is 5. The second-order valence-corrected chi connectivity index (χ2v) is 10.4. The lowest BCUT2D eigenvalue weighted by Gasteiger charge is -2.41. The van der Waals surface area contributed by atoms with E-state index in [9.17, 15) is 18.4 Å². The zero-order valence-electron chi connectivity index (χ0n) is 23.3. The van der Waals surface area contributed by atoms with Crippen LogP contribution in [-0.2, 0) is 10.2 Å². The molecule has 2 aliphatic rings. The molecule has 2 amide bonds. The van der Waals surface area contributed by atoms with Crippen LogP contribution in [-0.4, -0.2) is 45.0 Å². The Morgan fingerprint density at radius 1 is 1.13 bits per heavy atom. The van der Waals surface area contributed by atoms with E-state index in [0.29, 0.717) is 24.3 Å². The number of carbonyl (C=O) groups excluding carboxylic acids is 2. The van der Waals surface area contributed by atoms with Crippen LogP contribution in [0.25, 0.3) is 11.3 Å². The van der Waals surface area contributed by atoms with Gasteiger partial charge in [0.25, 0.3) is 5.91 Å². The molecule has 1 fully saturated rings. The molecule has 1 saturated carbocycles. The van der Waals surface area contributed by atoms with Gasteiger partial charge in [0.1, 0.15) is 11.6 Å². The Labute approximate surface area is 228 Å². The first kappa shape index (κ1) is 28.3. The molecule has 7 nitrogen and oxygen atoms in total. The predicted molar refractivity (Wildman–Crippen MR) is 146 cm³/mol. The van der Waals surface area contributed by atoms with Gasteiger partial charge in [0.2, 0.25) is 5.91 Å². The van der Waals surface area contributed by atoms with Gasteiger partial charge >= 0.3 is 0 Å². The van der Waals surface area contributed by atoms with Gasteiger partial charge in [0.05, 0.1) is 34.4 Å². The van der Waals surface area contributed by atoms with E-state index in [-0.39, 0.29) is 34.4 Å². The maximum atomic E-state index is 14.5. The third-order valence-electron chi connectivity index (χ3n) is 8.33. The number of aromatic nitrogens is 3. The lowest BCUT2D eigenvalue weighted by molar-refractivity contribution is -0.114. The lowest BCUT2D eigenvalue weighted by Crippen LogP contribution is -2.48. The minimum absolute atomic E-state index is 0.122. The molecular weight excluding hydrogens is 500 g/mol. The molecule has 0 spiro atoms. The van der Waals surface area contributed by atoms with E-state index in [1.165, 1.54) is 37.5 Å². The minimum Gasteiger partial charge on any atom is -0.338 e. The summed E-state index contributed by atoms with van der Waals surface area (Å²) < 4.78 is 29.0. The number of amides is 2. The second-order valence-electron chi connectivity index (χ2n) is 10.4. The van der Waals surface area contributed by atoms with Crippen LogP contribution in [0.5, 0.6) is 0 Å². The Morgan fingerprint density at radius 3 is 2.46 bits per heavy atom. The quantitative estimate of drug-likeness (QED) is 0.411. The first-order valence-corrected chi connectivity index (χ1v) is 13.4. The molecule has 2 aliphatic carbocycles. The number of pyridine rings is 1. The van der Waals surface area contributed by atoms with Crippen LogP contribution in [0.2, 0.25) is 0 Å². The molecule has 2 bridgehead atoms. The van der Waals surface area contributed by atoms with Crippen molar-refractivity contribution in [2.75, 3.05) is 18.4 Å². The monoisotopic (exact) mass is 535 g/mol. The molecule has 5 rings (SSSR count). The number of benzene rings is 1. The molecule has 0 radical (unpaired) electrons. The lowest BCUT2D eigenvalue weighted by atomic mass is 9.68. The van der Waals surface area contributed by atoms with E-state index >= 15 is 0 Å². The zero-order valence-corrected chi connectivity index (χ0v) is 23.3. The highest BCUT2D eigenvalue weighted by Crippen LogP contribution is 2.67. The normalized spacial score (nSPS) is 20.1. The van der Waals surface area contributed by atoms with Gasteiger partial charge in [-0.15, -0.1) is 0 Å². The molecular formula is C30H35F2N5O2. The van der Waals surface area contributed by atoms with Crippen LogP contribution in [0.3, 0.4) is 0 Å². The van der Waals surface area contributed by atoms with Crippen LogP contribution in [0, 0.1) is 17.0 Å². The molecule has 1 N–H and O–H groups in total. The molecule has 206 valence electrons. The van der Waals surface area contributed by atoms with Crippen molar-refractivity contribution in [3.05, 3.63) is 71.2 Å². The molecule has 0 saturated heterocycles. The number of anilines is 1. The van der Waals surface area contributed by atoms with Crippen LogP contribution in [0.1, 0.15) is 81.9 Å². The molecule has 0 aliphatic heterocycles. The van der Waals surface area contributed by atoms with Gasteiger partial charge in [-0.1, -0.05) is 33.8 Å². The Morgan fingerprint density at radius 2 is 1.82 bits per heavy atom. The molecule has 9 heteroatoms. The summed E-state index contributed by atoms with van der Waals surface area (Å²) in [7, 11) is 0. The molecule has 2 atom stereocenters. The fourth-order valence-electron chi connectivity index (χ4n) is 6.33. The van der Waals surface area contributed by atoms with Crippen molar-refractivity contribution in [2.45, 2.75) is 65.7 Å². The summed E-state index contributed by atoms with van der Waals surface area (Å²) in [4.78, 5) is 31.2. The van der Waals surface area contributed by atoms with Crippen LogP contribution in [0.4, 0.5) is 14.5 Å². The van der Waals surface area contributed by atoms with Gasteiger partial charge in [-0.2, -0.15) is 10.2 Å².